The number of aliphatic hydroxyl groups is 1. The molecule has 21 heavy (non-hydrogen) atoms. The fraction of sp³-hybridized carbons (Fsp3) is 0.364. The number of carbonyl (C=O) groups is 1. The topological polar surface area (TPSA) is 116 Å². The summed E-state index contributed by atoms with van der Waals surface area (Å²) < 4.78 is 39.2. The van der Waals surface area contributed by atoms with Crippen molar-refractivity contribution < 1.29 is 27.8 Å². The summed E-state index contributed by atoms with van der Waals surface area (Å²) in [6, 6.07) is 1.91. The van der Waals surface area contributed by atoms with Crippen LogP contribution in [0.2, 0.25) is 5.02 Å². The fourth-order valence-electron chi connectivity index (χ4n) is 1.52. The fourth-order valence-corrected chi connectivity index (χ4v) is 3.31. The number of hydrogen-bond donors (Lipinski definition) is 4. The standard InChI is InChI=1S/C11H14ClFN2O5S/c12-9-5-7(13)1-2-10(9)21(19,20)15-8(6-16)3-4-14-11(17)18/h1-2,5,8,14-16H,3-4,6H2,(H,17,18)/t8-/m1/s1. The molecule has 1 atom stereocenters. The van der Waals surface area contributed by atoms with E-state index in [1.807, 2.05) is 5.32 Å². The maximum absolute atomic E-state index is 12.9. The van der Waals surface area contributed by atoms with Crippen LogP contribution in [0.25, 0.3) is 0 Å². The molecule has 0 saturated carbocycles. The second-order valence-corrected chi connectivity index (χ2v) is 6.19. The van der Waals surface area contributed by atoms with E-state index in [4.69, 9.17) is 21.8 Å². The summed E-state index contributed by atoms with van der Waals surface area (Å²) >= 11 is 5.67. The molecule has 0 aliphatic rings. The van der Waals surface area contributed by atoms with Crippen molar-refractivity contribution in [3.8, 4) is 0 Å². The van der Waals surface area contributed by atoms with Crippen molar-refractivity contribution in [3.63, 3.8) is 0 Å². The van der Waals surface area contributed by atoms with E-state index in [1.165, 1.54) is 0 Å². The second kappa shape index (κ2) is 7.55. The summed E-state index contributed by atoms with van der Waals surface area (Å²) in [5.74, 6) is -0.677. The van der Waals surface area contributed by atoms with Crippen LogP contribution in [0.5, 0.6) is 0 Å². The molecule has 1 amide bonds. The molecular formula is C11H14ClFN2O5S. The van der Waals surface area contributed by atoms with Crippen molar-refractivity contribution in [2.45, 2.75) is 17.4 Å². The smallest absolute Gasteiger partial charge is 0.404 e. The lowest BCUT2D eigenvalue weighted by atomic mass is 10.2. The zero-order valence-electron chi connectivity index (χ0n) is 10.7. The van der Waals surface area contributed by atoms with Crippen molar-refractivity contribution in [2.24, 2.45) is 0 Å². The summed E-state index contributed by atoms with van der Waals surface area (Å²) in [6.07, 6.45) is -1.21. The molecule has 0 heterocycles. The SMILES string of the molecule is O=C(O)NCC[C@H](CO)NS(=O)(=O)c1ccc(F)cc1Cl. The van der Waals surface area contributed by atoms with E-state index in [0.717, 1.165) is 18.2 Å². The van der Waals surface area contributed by atoms with Crippen LogP contribution < -0.4 is 10.0 Å². The highest BCUT2D eigenvalue weighted by atomic mass is 35.5. The number of rotatable bonds is 7. The Morgan fingerprint density at radius 2 is 2.10 bits per heavy atom. The first-order chi connectivity index (χ1) is 9.76. The number of nitrogens with one attached hydrogen (secondary N) is 2. The van der Waals surface area contributed by atoms with Gasteiger partial charge in [0.15, 0.2) is 0 Å². The monoisotopic (exact) mass is 340 g/mol. The van der Waals surface area contributed by atoms with Crippen molar-refractivity contribution in [2.75, 3.05) is 13.2 Å². The Balaban J connectivity index is 2.79. The van der Waals surface area contributed by atoms with Crippen molar-refractivity contribution in [1.82, 2.24) is 10.0 Å². The quantitative estimate of drug-likeness (QED) is 0.585. The third kappa shape index (κ3) is 5.46. The van der Waals surface area contributed by atoms with E-state index in [-0.39, 0.29) is 22.9 Å². The van der Waals surface area contributed by atoms with Crippen LogP contribution >= 0.6 is 11.6 Å². The first-order valence-corrected chi connectivity index (χ1v) is 7.67. The number of benzene rings is 1. The molecule has 0 aromatic heterocycles. The minimum absolute atomic E-state index is 0.0414. The lowest BCUT2D eigenvalue weighted by Gasteiger charge is -2.16. The first kappa shape index (κ1) is 17.6. The Hall–Kier alpha value is -1.42. The van der Waals surface area contributed by atoms with Crippen LogP contribution in [-0.4, -0.2) is 43.9 Å². The minimum atomic E-state index is -4.05. The number of aliphatic hydroxyl groups excluding tert-OH is 1. The van der Waals surface area contributed by atoms with Crippen LogP contribution in [0.15, 0.2) is 23.1 Å². The van der Waals surface area contributed by atoms with Crippen LogP contribution in [0.1, 0.15) is 6.42 Å². The van der Waals surface area contributed by atoms with Crippen LogP contribution in [0.3, 0.4) is 0 Å². The van der Waals surface area contributed by atoms with Gasteiger partial charge < -0.3 is 15.5 Å². The van der Waals surface area contributed by atoms with E-state index in [0.29, 0.717) is 0 Å². The van der Waals surface area contributed by atoms with Gasteiger partial charge in [0.2, 0.25) is 10.0 Å². The molecule has 0 aliphatic carbocycles. The third-order valence-electron chi connectivity index (χ3n) is 2.49. The summed E-state index contributed by atoms with van der Waals surface area (Å²) in [7, 11) is -4.05. The second-order valence-electron chi connectivity index (χ2n) is 4.10. The largest absolute Gasteiger partial charge is 0.465 e. The lowest BCUT2D eigenvalue weighted by Crippen LogP contribution is -2.40. The molecule has 0 unspecified atom stereocenters. The number of carboxylic acid groups (broad SMARTS) is 1. The summed E-state index contributed by atoms with van der Waals surface area (Å²) in [5, 5.41) is 19.3. The van der Waals surface area contributed by atoms with Gasteiger partial charge in [-0.1, -0.05) is 11.6 Å². The van der Waals surface area contributed by atoms with E-state index < -0.39 is 34.6 Å². The number of hydrogen-bond acceptors (Lipinski definition) is 4. The zero-order valence-corrected chi connectivity index (χ0v) is 12.3. The molecule has 118 valence electrons. The highest BCUT2D eigenvalue weighted by Crippen LogP contribution is 2.22. The average Bonchev–Trinajstić information content (AvgIpc) is 2.36. The van der Waals surface area contributed by atoms with Gasteiger partial charge in [-0.15, -0.1) is 0 Å². The van der Waals surface area contributed by atoms with Gasteiger partial charge >= 0.3 is 6.09 Å². The van der Waals surface area contributed by atoms with E-state index in [9.17, 15) is 17.6 Å². The average molecular weight is 341 g/mol. The predicted octanol–water partition coefficient (Wildman–Crippen LogP) is 0.776. The maximum atomic E-state index is 12.9. The van der Waals surface area contributed by atoms with Gasteiger partial charge in [-0.25, -0.2) is 22.3 Å². The highest BCUT2D eigenvalue weighted by molar-refractivity contribution is 7.89. The molecular weight excluding hydrogens is 327 g/mol. The van der Waals surface area contributed by atoms with Gasteiger partial charge in [0.1, 0.15) is 10.7 Å². The lowest BCUT2D eigenvalue weighted by molar-refractivity contribution is 0.192. The van der Waals surface area contributed by atoms with Gasteiger partial charge in [0.05, 0.1) is 11.6 Å². The van der Waals surface area contributed by atoms with Crippen molar-refractivity contribution >= 4 is 27.7 Å². The molecule has 1 rings (SSSR count). The van der Waals surface area contributed by atoms with Gasteiger partial charge in [-0.3, -0.25) is 0 Å². The van der Waals surface area contributed by atoms with Gasteiger partial charge in [0.25, 0.3) is 0 Å². The molecule has 10 heteroatoms. The van der Waals surface area contributed by atoms with Crippen LogP contribution in [-0.2, 0) is 10.0 Å². The Morgan fingerprint density at radius 3 is 2.62 bits per heavy atom. The summed E-state index contributed by atoms with van der Waals surface area (Å²) in [6.45, 7) is -0.570. The van der Waals surface area contributed by atoms with E-state index in [2.05, 4.69) is 4.72 Å². The summed E-state index contributed by atoms with van der Waals surface area (Å²) in [5.41, 5.74) is 0. The Kier molecular flexibility index (Phi) is 6.34. The minimum Gasteiger partial charge on any atom is -0.465 e. The van der Waals surface area contributed by atoms with E-state index in [1.54, 1.807) is 0 Å². The highest BCUT2D eigenvalue weighted by Gasteiger charge is 2.22. The van der Waals surface area contributed by atoms with Crippen LogP contribution in [0.4, 0.5) is 9.18 Å². The number of amides is 1. The predicted molar refractivity (Wildman–Crippen MR) is 73.2 cm³/mol. The zero-order chi connectivity index (χ0) is 16.0. The maximum Gasteiger partial charge on any atom is 0.404 e. The molecule has 1 aromatic carbocycles. The molecule has 0 aliphatic heterocycles. The molecule has 7 nitrogen and oxygen atoms in total. The summed E-state index contributed by atoms with van der Waals surface area (Å²) in [4.78, 5) is 9.96. The molecule has 0 spiro atoms. The number of sulfonamides is 1. The van der Waals surface area contributed by atoms with Crippen molar-refractivity contribution in [3.05, 3.63) is 29.0 Å². The Bertz CT molecular complexity index is 611. The number of halogens is 2. The molecule has 0 radical (unpaired) electrons. The molecule has 0 bridgehead atoms. The van der Waals surface area contributed by atoms with Crippen molar-refractivity contribution in [1.29, 1.82) is 0 Å². The van der Waals surface area contributed by atoms with Gasteiger partial charge in [-0.05, 0) is 24.6 Å². The molecule has 0 saturated heterocycles. The third-order valence-corrected chi connectivity index (χ3v) is 4.50. The normalized spacial score (nSPS) is 12.9. The van der Waals surface area contributed by atoms with Crippen LogP contribution in [0, 0.1) is 5.82 Å². The Morgan fingerprint density at radius 1 is 1.43 bits per heavy atom. The molecule has 1 aromatic rings. The molecule has 4 N–H and O–H groups in total. The van der Waals surface area contributed by atoms with E-state index >= 15 is 0 Å². The van der Waals surface area contributed by atoms with Gasteiger partial charge in [0, 0.05) is 12.6 Å². The Labute approximate surface area is 125 Å². The molecule has 0 fully saturated rings. The van der Waals surface area contributed by atoms with Gasteiger partial charge in [-0.2, -0.15) is 0 Å². The first-order valence-electron chi connectivity index (χ1n) is 5.81.